The Balaban J connectivity index is 2.06. The lowest BCUT2D eigenvalue weighted by atomic mass is 10.2. The van der Waals surface area contributed by atoms with Crippen molar-refractivity contribution in [2.75, 3.05) is 20.1 Å². The van der Waals surface area contributed by atoms with Crippen molar-refractivity contribution >= 4 is 37.3 Å². The van der Waals surface area contributed by atoms with Gasteiger partial charge >= 0.3 is 0 Å². The second-order valence-corrected chi connectivity index (χ2v) is 8.97. The van der Waals surface area contributed by atoms with Crippen molar-refractivity contribution in [2.45, 2.75) is 30.7 Å². The zero-order valence-corrected chi connectivity index (χ0v) is 13.7. The molecular formula is C11H17BrN2O2S2. The molecule has 0 bridgehead atoms. The van der Waals surface area contributed by atoms with Gasteiger partial charge in [-0.25, -0.2) is 13.1 Å². The molecule has 2 rings (SSSR count). The molecule has 1 aromatic heterocycles. The number of nitrogens with zero attached hydrogens (tertiary/aromatic N) is 1. The Bertz CT molecular complexity index is 527. The van der Waals surface area contributed by atoms with Crippen LogP contribution in [-0.2, 0) is 10.0 Å². The molecule has 1 aliphatic heterocycles. The van der Waals surface area contributed by atoms with E-state index in [9.17, 15) is 8.42 Å². The molecule has 1 unspecified atom stereocenters. The fourth-order valence-corrected chi connectivity index (χ4v) is 5.70. The number of hydrogen-bond donors (Lipinski definition) is 1. The van der Waals surface area contributed by atoms with Crippen molar-refractivity contribution < 1.29 is 8.42 Å². The van der Waals surface area contributed by atoms with Gasteiger partial charge in [0.1, 0.15) is 0 Å². The predicted octanol–water partition coefficient (Wildman–Crippen LogP) is 2.19. The summed E-state index contributed by atoms with van der Waals surface area (Å²) in [5.74, 6) is 0. The first-order chi connectivity index (χ1) is 8.40. The van der Waals surface area contributed by atoms with E-state index in [0.717, 1.165) is 28.0 Å². The average molecular weight is 353 g/mol. The van der Waals surface area contributed by atoms with Crippen LogP contribution < -0.4 is 4.72 Å². The summed E-state index contributed by atoms with van der Waals surface area (Å²) in [6.07, 6.45) is 2.21. The van der Waals surface area contributed by atoms with E-state index in [1.165, 1.54) is 11.3 Å². The summed E-state index contributed by atoms with van der Waals surface area (Å²) in [7, 11) is -1.34. The van der Waals surface area contributed by atoms with Gasteiger partial charge in [-0.3, -0.25) is 0 Å². The Morgan fingerprint density at radius 1 is 1.61 bits per heavy atom. The maximum Gasteiger partial charge on any atom is 0.241 e. The lowest BCUT2D eigenvalue weighted by Crippen LogP contribution is -2.38. The highest BCUT2D eigenvalue weighted by Gasteiger charge is 2.25. The van der Waals surface area contributed by atoms with Crippen molar-refractivity contribution in [3.63, 3.8) is 0 Å². The van der Waals surface area contributed by atoms with Crippen LogP contribution >= 0.6 is 27.3 Å². The average Bonchev–Trinajstić information content (AvgIpc) is 2.82. The number of hydrogen-bond acceptors (Lipinski definition) is 4. The fraction of sp³-hybridized carbons (Fsp3) is 0.636. The monoisotopic (exact) mass is 352 g/mol. The second-order valence-electron chi connectivity index (χ2n) is 4.60. The highest BCUT2D eigenvalue weighted by atomic mass is 79.9. The number of halogens is 1. The molecule has 0 radical (unpaired) electrons. The molecule has 2 heterocycles. The van der Waals surface area contributed by atoms with Gasteiger partial charge in [0.2, 0.25) is 10.0 Å². The standard InChI is InChI=1S/C11H17BrN2O2S2/c1-8-10(6-11(12)17-8)18(15,16)13-7-9-4-3-5-14(9)2/h6,9,13H,3-5,7H2,1-2H3. The minimum Gasteiger partial charge on any atom is -0.302 e. The predicted molar refractivity (Wildman–Crippen MR) is 77.6 cm³/mol. The van der Waals surface area contributed by atoms with Crippen molar-refractivity contribution in [2.24, 2.45) is 0 Å². The number of nitrogens with one attached hydrogen (secondary N) is 1. The third kappa shape index (κ3) is 3.14. The number of sulfonamides is 1. The van der Waals surface area contributed by atoms with Gasteiger partial charge in [-0.15, -0.1) is 11.3 Å². The third-order valence-electron chi connectivity index (χ3n) is 3.31. The molecule has 0 aromatic carbocycles. The van der Waals surface area contributed by atoms with E-state index < -0.39 is 10.0 Å². The van der Waals surface area contributed by atoms with Crippen molar-refractivity contribution in [3.05, 3.63) is 14.7 Å². The molecule has 1 aromatic rings. The van der Waals surface area contributed by atoms with Gasteiger partial charge in [-0.05, 0) is 55.4 Å². The maximum atomic E-state index is 12.2. The summed E-state index contributed by atoms with van der Waals surface area (Å²) in [5, 5.41) is 0. The fourth-order valence-electron chi connectivity index (χ4n) is 2.22. The van der Waals surface area contributed by atoms with Gasteiger partial charge in [-0.1, -0.05) is 0 Å². The largest absolute Gasteiger partial charge is 0.302 e. The Morgan fingerprint density at radius 3 is 2.83 bits per heavy atom. The summed E-state index contributed by atoms with van der Waals surface area (Å²) in [5.41, 5.74) is 0. The maximum absolute atomic E-state index is 12.2. The van der Waals surface area contributed by atoms with Crippen LogP contribution in [0.1, 0.15) is 17.7 Å². The van der Waals surface area contributed by atoms with Crippen LogP contribution in [0.4, 0.5) is 0 Å². The Morgan fingerprint density at radius 2 is 2.33 bits per heavy atom. The summed E-state index contributed by atoms with van der Waals surface area (Å²) >= 11 is 4.76. The molecule has 1 fully saturated rings. The molecule has 7 heteroatoms. The molecule has 1 saturated heterocycles. The highest BCUT2D eigenvalue weighted by molar-refractivity contribution is 9.11. The van der Waals surface area contributed by atoms with E-state index in [0.29, 0.717) is 17.5 Å². The zero-order chi connectivity index (χ0) is 13.3. The normalized spacial score (nSPS) is 21.6. The first-order valence-corrected chi connectivity index (χ1v) is 8.95. The molecule has 0 aliphatic carbocycles. The minimum atomic E-state index is -3.38. The van der Waals surface area contributed by atoms with E-state index in [-0.39, 0.29) is 0 Å². The number of rotatable bonds is 4. The lowest BCUT2D eigenvalue weighted by Gasteiger charge is -2.19. The van der Waals surface area contributed by atoms with Gasteiger partial charge in [0.05, 0.1) is 8.68 Å². The van der Waals surface area contributed by atoms with Crippen LogP contribution in [-0.4, -0.2) is 39.5 Å². The smallest absolute Gasteiger partial charge is 0.241 e. The second kappa shape index (κ2) is 5.58. The topological polar surface area (TPSA) is 49.4 Å². The Hall–Kier alpha value is 0.0500. The SMILES string of the molecule is Cc1sc(Br)cc1S(=O)(=O)NCC1CCCN1C. The molecule has 18 heavy (non-hydrogen) atoms. The Labute approximate surface area is 121 Å². The summed E-state index contributed by atoms with van der Waals surface area (Å²) < 4.78 is 27.9. The van der Waals surface area contributed by atoms with Crippen LogP contribution in [0, 0.1) is 6.92 Å². The van der Waals surface area contributed by atoms with Crippen molar-refractivity contribution in [1.82, 2.24) is 9.62 Å². The highest BCUT2D eigenvalue weighted by Crippen LogP contribution is 2.29. The van der Waals surface area contributed by atoms with Crippen molar-refractivity contribution in [3.8, 4) is 0 Å². The van der Waals surface area contributed by atoms with E-state index in [2.05, 4.69) is 25.6 Å². The molecule has 1 atom stereocenters. The van der Waals surface area contributed by atoms with E-state index in [4.69, 9.17) is 0 Å². The van der Waals surface area contributed by atoms with Crippen molar-refractivity contribution in [1.29, 1.82) is 0 Å². The summed E-state index contributed by atoms with van der Waals surface area (Å²) in [6, 6.07) is 1.99. The summed E-state index contributed by atoms with van der Waals surface area (Å²) in [4.78, 5) is 3.41. The Kier molecular flexibility index (Phi) is 4.48. The van der Waals surface area contributed by atoms with Crippen LogP contribution in [0.15, 0.2) is 14.7 Å². The van der Waals surface area contributed by atoms with Gasteiger partial charge in [0, 0.05) is 17.5 Å². The molecule has 0 amide bonds. The van der Waals surface area contributed by atoms with Gasteiger partial charge in [-0.2, -0.15) is 0 Å². The number of aryl methyl sites for hydroxylation is 1. The van der Waals surface area contributed by atoms with Gasteiger partial charge < -0.3 is 4.90 Å². The van der Waals surface area contributed by atoms with Crippen LogP contribution in [0.25, 0.3) is 0 Å². The number of likely N-dealkylation sites (N-methyl/N-ethyl adjacent to an activating group) is 1. The van der Waals surface area contributed by atoms with Crippen LogP contribution in [0.3, 0.4) is 0 Å². The summed E-state index contributed by atoms with van der Waals surface area (Å²) in [6.45, 7) is 3.37. The lowest BCUT2D eigenvalue weighted by molar-refractivity contribution is 0.311. The molecule has 4 nitrogen and oxygen atoms in total. The third-order valence-corrected chi connectivity index (χ3v) is 6.54. The van der Waals surface area contributed by atoms with E-state index in [1.54, 1.807) is 6.07 Å². The molecule has 1 aliphatic rings. The number of likely N-dealkylation sites (tertiary alicyclic amines) is 1. The molecule has 0 spiro atoms. The first-order valence-electron chi connectivity index (χ1n) is 5.86. The van der Waals surface area contributed by atoms with Crippen LogP contribution in [0.2, 0.25) is 0 Å². The molecular weight excluding hydrogens is 336 g/mol. The molecule has 0 saturated carbocycles. The van der Waals surface area contributed by atoms with Gasteiger partial charge in [0.25, 0.3) is 0 Å². The minimum absolute atomic E-state index is 0.321. The molecule has 102 valence electrons. The van der Waals surface area contributed by atoms with E-state index in [1.807, 2.05) is 14.0 Å². The van der Waals surface area contributed by atoms with Gasteiger partial charge in [0.15, 0.2) is 0 Å². The zero-order valence-electron chi connectivity index (χ0n) is 10.4. The quantitative estimate of drug-likeness (QED) is 0.903. The number of thiophene rings is 1. The first kappa shape index (κ1) is 14.5. The van der Waals surface area contributed by atoms with E-state index >= 15 is 0 Å². The molecule has 1 N–H and O–H groups in total. The van der Waals surface area contributed by atoms with Crippen LogP contribution in [0.5, 0.6) is 0 Å².